The number of anilines is 1. The fourth-order valence-corrected chi connectivity index (χ4v) is 5.46. The quantitative estimate of drug-likeness (QED) is 0.502. The molecule has 0 radical (unpaired) electrons. The summed E-state index contributed by atoms with van der Waals surface area (Å²) in [6.07, 6.45) is 4.06. The van der Waals surface area contributed by atoms with Crippen molar-refractivity contribution in [1.29, 1.82) is 0 Å². The van der Waals surface area contributed by atoms with Crippen LogP contribution < -0.4 is 15.7 Å². The van der Waals surface area contributed by atoms with Crippen LogP contribution in [0.25, 0.3) is 0 Å². The van der Waals surface area contributed by atoms with Gasteiger partial charge in [0.05, 0.1) is 34.7 Å². The SMILES string of the molecule is Cc1c(N2CCC(c3ccc(B4OC(C)(C)C(C)(C)O4)cc3)CC2)cnc(C2CCC(=O)NC2=O)c1F. The molecule has 0 spiro atoms. The smallest absolute Gasteiger partial charge is 0.399 e. The van der Waals surface area contributed by atoms with Crippen LogP contribution in [0.5, 0.6) is 0 Å². The zero-order valence-corrected chi connectivity index (χ0v) is 22.3. The van der Waals surface area contributed by atoms with Crippen molar-refractivity contribution < 1.29 is 23.3 Å². The van der Waals surface area contributed by atoms with Gasteiger partial charge in [0.15, 0.2) is 0 Å². The molecule has 3 aliphatic rings. The van der Waals surface area contributed by atoms with Crippen molar-refractivity contribution >= 4 is 30.1 Å². The van der Waals surface area contributed by atoms with Gasteiger partial charge >= 0.3 is 7.12 Å². The highest BCUT2D eigenvalue weighted by Crippen LogP contribution is 2.37. The van der Waals surface area contributed by atoms with Crippen molar-refractivity contribution in [2.75, 3.05) is 18.0 Å². The van der Waals surface area contributed by atoms with E-state index in [4.69, 9.17) is 9.31 Å². The van der Waals surface area contributed by atoms with Gasteiger partial charge in [0.1, 0.15) is 5.82 Å². The highest BCUT2D eigenvalue weighted by molar-refractivity contribution is 6.62. The molecule has 3 aliphatic heterocycles. The molecule has 1 N–H and O–H groups in total. The van der Waals surface area contributed by atoms with Crippen LogP contribution in [-0.2, 0) is 18.9 Å². The number of carbonyl (C=O) groups excluding carboxylic acids is 2. The Balaban J connectivity index is 1.23. The number of aromatic nitrogens is 1. The maximum absolute atomic E-state index is 15.3. The molecule has 9 heteroatoms. The molecule has 196 valence electrons. The number of halogens is 1. The van der Waals surface area contributed by atoms with Gasteiger partial charge in [-0.2, -0.15) is 0 Å². The van der Waals surface area contributed by atoms with Gasteiger partial charge in [-0.1, -0.05) is 24.3 Å². The first kappa shape index (κ1) is 25.9. The molecular formula is C28H35BFN3O4. The van der Waals surface area contributed by atoms with E-state index in [-0.39, 0.29) is 42.8 Å². The predicted octanol–water partition coefficient (Wildman–Crippen LogP) is 3.73. The summed E-state index contributed by atoms with van der Waals surface area (Å²) >= 11 is 0. The van der Waals surface area contributed by atoms with Crippen LogP contribution in [0.15, 0.2) is 30.5 Å². The summed E-state index contributed by atoms with van der Waals surface area (Å²) in [5, 5.41) is 2.29. The van der Waals surface area contributed by atoms with E-state index in [1.165, 1.54) is 5.56 Å². The molecule has 7 nitrogen and oxygen atoms in total. The molecule has 3 fully saturated rings. The van der Waals surface area contributed by atoms with Gasteiger partial charge in [-0.05, 0) is 70.8 Å². The summed E-state index contributed by atoms with van der Waals surface area (Å²) in [7, 11) is -0.366. The van der Waals surface area contributed by atoms with E-state index in [2.05, 4.69) is 67.2 Å². The average Bonchev–Trinajstić information content (AvgIpc) is 3.08. The Morgan fingerprint density at radius 2 is 1.65 bits per heavy atom. The minimum atomic E-state index is -0.726. The molecule has 0 aliphatic carbocycles. The van der Waals surface area contributed by atoms with E-state index in [1.807, 2.05) is 0 Å². The molecule has 0 saturated carbocycles. The standard InChI is InChI=1S/C28H35BFN3O4/c1-17-22(16-31-25(24(17)30)21-10-11-23(34)32-26(21)35)33-14-12-19(13-15-33)18-6-8-20(9-7-18)29-36-27(2,3)28(4,5)37-29/h6-9,16,19,21H,10-15H2,1-5H3,(H,32,34,35). The molecule has 1 atom stereocenters. The fraction of sp³-hybridized carbons (Fsp3) is 0.536. The molecule has 4 heterocycles. The first-order valence-electron chi connectivity index (χ1n) is 13.2. The van der Waals surface area contributed by atoms with Crippen LogP contribution >= 0.6 is 0 Å². The maximum Gasteiger partial charge on any atom is 0.494 e. The monoisotopic (exact) mass is 507 g/mol. The summed E-state index contributed by atoms with van der Waals surface area (Å²) in [4.78, 5) is 30.2. The number of nitrogens with one attached hydrogen (secondary N) is 1. The number of nitrogens with zero attached hydrogens (tertiary/aromatic N) is 2. The van der Waals surface area contributed by atoms with Crippen molar-refractivity contribution in [2.24, 2.45) is 0 Å². The van der Waals surface area contributed by atoms with E-state index in [0.29, 0.717) is 11.5 Å². The third kappa shape index (κ3) is 4.79. The van der Waals surface area contributed by atoms with E-state index in [9.17, 15) is 9.59 Å². The van der Waals surface area contributed by atoms with E-state index >= 15 is 4.39 Å². The van der Waals surface area contributed by atoms with Crippen molar-refractivity contribution in [2.45, 2.75) is 83.3 Å². The Morgan fingerprint density at radius 3 is 2.24 bits per heavy atom. The van der Waals surface area contributed by atoms with Crippen LogP contribution in [0, 0.1) is 12.7 Å². The van der Waals surface area contributed by atoms with Gasteiger partial charge < -0.3 is 14.2 Å². The number of rotatable bonds is 4. The molecule has 3 saturated heterocycles. The van der Waals surface area contributed by atoms with Crippen LogP contribution in [0.1, 0.15) is 82.0 Å². The Bertz CT molecular complexity index is 1190. The highest BCUT2D eigenvalue weighted by atomic mass is 19.1. The molecule has 2 amide bonds. The Morgan fingerprint density at radius 1 is 1.03 bits per heavy atom. The van der Waals surface area contributed by atoms with Gasteiger partial charge in [-0.25, -0.2) is 4.39 Å². The van der Waals surface area contributed by atoms with Crippen LogP contribution in [0.4, 0.5) is 10.1 Å². The summed E-state index contributed by atoms with van der Waals surface area (Å²) in [5.41, 5.74) is 2.97. The predicted molar refractivity (Wildman–Crippen MR) is 140 cm³/mol. The number of hydrogen-bond acceptors (Lipinski definition) is 6. The molecule has 2 aromatic rings. The number of carbonyl (C=O) groups is 2. The van der Waals surface area contributed by atoms with Gasteiger partial charge in [0, 0.05) is 25.1 Å². The average molecular weight is 507 g/mol. The number of amides is 2. The normalized spacial score (nSPS) is 23.9. The molecule has 1 aromatic heterocycles. The van der Waals surface area contributed by atoms with E-state index in [0.717, 1.165) is 37.1 Å². The molecule has 1 unspecified atom stereocenters. The molecule has 0 bridgehead atoms. The first-order chi connectivity index (χ1) is 17.5. The second-order valence-corrected chi connectivity index (χ2v) is 11.5. The lowest BCUT2D eigenvalue weighted by Crippen LogP contribution is -2.41. The van der Waals surface area contributed by atoms with Gasteiger partial charge in [-0.15, -0.1) is 0 Å². The second-order valence-electron chi connectivity index (χ2n) is 11.5. The summed E-state index contributed by atoms with van der Waals surface area (Å²) < 4.78 is 27.6. The van der Waals surface area contributed by atoms with Crippen molar-refractivity contribution in [1.82, 2.24) is 10.3 Å². The lowest BCUT2D eigenvalue weighted by atomic mass is 9.77. The number of pyridine rings is 1. The molecule has 37 heavy (non-hydrogen) atoms. The summed E-state index contributed by atoms with van der Waals surface area (Å²) in [6, 6.07) is 8.53. The minimum Gasteiger partial charge on any atom is -0.399 e. The molecule has 5 rings (SSSR count). The third-order valence-corrected chi connectivity index (χ3v) is 8.60. The van der Waals surface area contributed by atoms with E-state index < -0.39 is 17.6 Å². The lowest BCUT2D eigenvalue weighted by molar-refractivity contribution is -0.134. The first-order valence-corrected chi connectivity index (χ1v) is 13.2. The van der Waals surface area contributed by atoms with E-state index in [1.54, 1.807) is 13.1 Å². The molecular weight excluding hydrogens is 472 g/mol. The topological polar surface area (TPSA) is 80.8 Å². The highest BCUT2D eigenvalue weighted by Gasteiger charge is 2.51. The number of piperidine rings is 2. The Labute approximate surface area is 218 Å². The Kier molecular flexibility index (Phi) is 6.65. The largest absolute Gasteiger partial charge is 0.494 e. The van der Waals surface area contributed by atoms with Crippen molar-refractivity contribution in [3.8, 4) is 0 Å². The second kappa shape index (κ2) is 9.51. The minimum absolute atomic E-state index is 0.128. The van der Waals surface area contributed by atoms with Crippen LogP contribution in [0.3, 0.4) is 0 Å². The zero-order valence-electron chi connectivity index (χ0n) is 22.3. The maximum atomic E-state index is 15.3. The van der Waals surface area contributed by atoms with Crippen molar-refractivity contribution in [3.05, 3.63) is 53.1 Å². The Hall–Kier alpha value is -2.78. The third-order valence-electron chi connectivity index (χ3n) is 8.60. The lowest BCUT2D eigenvalue weighted by Gasteiger charge is -2.35. The van der Waals surface area contributed by atoms with Crippen LogP contribution in [-0.4, -0.2) is 48.2 Å². The summed E-state index contributed by atoms with van der Waals surface area (Å²) in [6.45, 7) is 11.6. The van der Waals surface area contributed by atoms with Gasteiger partial charge in [0.2, 0.25) is 11.8 Å². The fourth-order valence-electron chi connectivity index (χ4n) is 5.46. The van der Waals surface area contributed by atoms with Crippen LogP contribution in [0.2, 0.25) is 0 Å². The van der Waals surface area contributed by atoms with Gasteiger partial charge in [0.25, 0.3) is 0 Å². The van der Waals surface area contributed by atoms with Gasteiger partial charge in [-0.3, -0.25) is 19.9 Å². The van der Waals surface area contributed by atoms with Crippen molar-refractivity contribution in [3.63, 3.8) is 0 Å². The molecule has 1 aromatic carbocycles. The number of imide groups is 1. The zero-order chi connectivity index (χ0) is 26.5. The number of benzene rings is 1. The number of hydrogen-bond donors (Lipinski definition) is 1. The summed E-state index contributed by atoms with van der Waals surface area (Å²) in [5.74, 6) is -1.55.